The van der Waals surface area contributed by atoms with Gasteiger partial charge in [0.05, 0.1) is 23.5 Å². The van der Waals surface area contributed by atoms with E-state index in [4.69, 9.17) is 4.74 Å². The number of esters is 1. The molecule has 1 aromatic carbocycles. The minimum atomic E-state index is -0.441. The summed E-state index contributed by atoms with van der Waals surface area (Å²) in [6.07, 6.45) is 3.25. The minimum Gasteiger partial charge on any atom is -0.466 e. The molecule has 1 aromatic rings. The van der Waals surface area contributed by atoms with Gasteiger partial charge in [0.25, 0.3) is 5.69 Å². The summed E-state index contributed by atoms with van der Waals surface area (Å²) in [4.78, 5) is 21.5. The van der Waals surface area contributed by atoms with Crippen LogP contribution in [0, 0.1) is 17.0 Å². The molecule has 0 aliphatic carbocycles. The lowest BCUT2D eigenvalue weighted by molar-refractivity contribution is -0.385. The molecule has 0 aromatic heterocycles. The van der Waals surface area contributed by atoms with Crippen LogP contribution in [0.1, 0.15) is 24.5 Å². The van der Waals surface area contributed by atoms with E-state index in [0.717, 1.165) is 5.56 Å². The number of carbonyl (C=O) groups is 1. The van der Waals surface area contributed by atoms with Gasteiger partial charge in [-0.2, -0.15) is 0 Å². The average Bonchev–Trinajstić information content (AvgIpc) is 2.29. The van der Waals surface area contributed by atoms with E-state index in [2.05, 4.69) is 0 Å². The molecule has 1 rings (SSSR count). The van der Waals surface area contributed by atoms with Crippen molar-refractivity contribution >= 4 is 17.7 Å². The van der Waals surface area contributed by atoms with Crippen molar-refractivity contribution in [1.82, 2.24) is 0 Å². The van der Waals surface area contributed by atoms with Gasteiger partial charge >= 0.3 is 5.97 Å². The van der Waals surface area contributed by atoms with Gasteiger partial charge in [-0.25, -0.2) is 0 Å². The number of nitrogens with zero attached hydrogens (tertiary/aromatic N) is 1. The molecule has 0 heterocycles. The number of nitro groups is 1. The van der Waals surface area contributed by atoms with Gasteiger partial charge in [-0.3, -0.25) is 14.9 Å². The largest absolute Gasteiger partial charge is 0.466 e. The fourth-order valence-corrected chi connectivity index (χ4v) is 1.48. The van der Waals surface area contributed by atoms with Gasteiger partial charge in [-0.05, 0) is 19.9 Å². The fourth-order valence-electron chi connectivity index (χ4n) is 1.48. The van der Waals surface area contributed by atoms with Gasteiger partial charge in [0.1, 0.15) is 0 Å². The van der Waals surface area contributed by atoms with Crippen molar-refractivity contribution < 1.29 is 14.5 Å². The normalized spacial score (nSPS) is 10.6. The molecule has 0 bridgehead atoms. The molecule has 5 heteroatoms. The predicted octanol–water partition coefficient (Wildman–Crippen LogP) is 2.87. The van der Waals surface area contributed by atoms with Crippen LogP contribution in [0.5, 0.6) is 0 Å². The highest BCUT2D eigenvalue weighted by Gasteiger charge is 2.10. The number of carbonyl (C=O) groups excluding carboxylic acids is 1. The van der Waals surface area contributed by atoms with Gasteiger partial charge in [-0.1, -0.05) is 23.8 Å². The van der Waals surface area contributed by atoms with E-state index < -0.39 is 4.92 Å². The van der Waals surface area contributed by atoms with E-state index in [-0.39, 0.29) is 18.1 Å². The van der Waals surface area contributed by atoms with Gasteiger partial charge < -0.3 is 4.74 Å². The zero-order valence-electron chi connectivity index (χ0n) is 10.4. The smallest absolute Gasteiger partial charge is 0.309 e. The Hall–Kier alpha value is -2.17. The third-order valence-electron chi connectivity index (χ3n) is 2.27. The zero-order chi connectivity index (χ0) is 13.5. The Balaban J connectivity index is 2.82. The van der Waals surface area contributed by atoms with Crippen molar-refractivity contribution in [3.05, 3.63) is 45.5 Å². The summed E-state index contributed by atoms with van der Waals surface area (Å²) in [5.41, 5.74) is 1.45. The van der Waals surface area contributed by atoms with Gasteiger partial charge in [0.2, 0.25) is 0 Å². The van der Waals surface area contributed by atoms with Gasteiger partial charge in [0, 0.05) is 6.07 Å². The Bertz CT molecular complexity index is 480. The van der Waals surface area contributed by atoms with Crippen LogP contribution in [-0.2, 0) is 9.53 Å². The first-order valence-electron chi connectivity index (χ1n) is 5.61. The molecule has 0 saturated heterocycles. The van der Waals surface area contributed by atoms with Crippen molar-refractivity contribution in [2.24, 2.45) is 0 Å². The number of aryl methyl sites for hydroxylation is 1. The maximum Gasteiger partial charge on any atom is 0.309 e. The molecule has 0 atom stereocenters. The van der Waals surface area contributed by atoms with Crippen molar-refractivity contribution in [1.29, 1.82) is 0 Å². The second-order valence-electron chi connectivity index (χ2n) is 3.73. The monoisotopic (exact) mass is 249 g/mol. The molecule has 0 fully saturated rings. The summed E-state index contributed by atoms with van der Waals surface area (Å²) in [7, 11) is 0. The highest BCUT2D eigenvalue weighted by molar-refractivity contribution is 5.73. The lowest BCUT2D eigenvalue weighted by atomic mass is 10.1. The average molecular weight is 249 g/mol. The van der Waals surface area contributed by atoms with E-state index in [9.17, 15) is 14.9 Å². The molecule has 0 N–H and O–H groups in total. The topological polar surface area (TPSA) is 69.4 Å². The summed E-state index contributed by atoms with van der Waals surface area (Å²) >= 11 is 0. The van der Waals surface area contributed by atoms with Crippen molar-refractivity contribution in [2.45, 2.75) is 20.3 Å². The van der Waals surface area contributed by atoms with Crippen molar-refractivity contribution in [3.8, 4) is 0 Å². The molecule has 96 valence electrons. The van der Waals surface area contributed by atoms with Crippen LogP contribution in [0.3, 0.4) is 0 Å². The van der Waals surface area contributed by atoms with E-state index in [1.54, 1.807) is 31.2 Å². The molecule has 0 amide bonds. The highest BCUT2D eigenvalue weighted by atomic mass is 16.6. The van der Waals surface area contributed by atoms with Crippen LogP contribution >= 0.6 is 0 Å². The lowest BCUT2D eigenvalue weighted by Crippen LogP contribution is -2.01. The minimum absolute atomic E-state index is 0.0284. The highest BCUT2D eigenvalue weighted by Crippen LogP contribution is 2.21. The standard InChI is InChI=1S/C13H15NO4/c1-3-18-13(15)6-4-5-11-9-10(2)7-8-12(11)14(16)17/h4-5,7-9H,3,6H2,1-2H3. The maximum absolute atomic E-state index is 11.1. The first kappa shape index (κ1) is 13.9. The summed E-state index contributed by atoms with van der Waals surface area (Å²) in [5.74, 6) is -0.343. The molecular formula is C13H15NO4. The van der Waals surface area contributed by atoms with E-state index in [1.807, 2.05) is 6.92 Å². The number of benzene rings is 1. The molecule has 0 radical (unpaired) electrons. The molecular weight excluding hydrogens is 234 g/mol. The van der Waals surface area contributed by atoms with Gasteiger partial charge in [0.15, 0.2) is 0 Å². The van der Waals surface area contributed by atoms with Crippen LogP contribution in [0.4, 0.5) is 5.69 Å². The number of hydrogen-bond acceptors (Lipinski definition) is 4. The molecule has 0 aliphatic heterocycles. The number of nitro benzene ring substituents is 1. The lowest BCUT2D eigenvalue weighted by Gasteiger charge is -2.00. The van der Waals surface area contributed by atoms with Crippen LogP contribution in [0.2, 0.25) is 0 Å². The quantitative estimate of drug-likeness (QED) is 0.457. The first-order valence-corrected chi connectivity index (χ1v) is 5.61. The number of ether oxygens (including phenoxy) is 1. The molecule has 0 spiro atoms. The first-order chi connectivity index (χ1) is 8.54. The Labute approximate surface area is 105 Å². The van der Waals surface area contributed by atoms with Gasteiger partial charge in [-0.15, -0.1) is 0 Å². The fraction of sp³-hybridized carbons (Fsp3) is 0.308. The Kier molecular flexibility index (Phi) is 5.05. The number of rotatable bonds is 5. The Morgan fingerprint density at radius 1 is 1.50 bits per heavy atom. The van der Waals surface area contributed by atoms with Crippen LogP contribution in [0.15, 0.2) is 24.3 Å². The molecule has 5 nitrogen and oxygen atoms in total. The molecule has 0 aliphatic rings. The summed E-state index contributed by atoms with van der Waals surface area (Å²) < 4.78 is 4.76. The summed E-state index contributed by atoms with van der Waals surface area (Å²) in [6.45, 7) is 3.91. The summed E-state index contributed by atoms with van der Waals surface area (Å²) in [5, 5.41) is 10.8. The molecule has 18 heavy (non-hydrogen) atoms. The second kappa shape index (κ2) is 6.54. The number of hydrogen-bond donors (Lipinski definition) is 0. The van der Waals surface area contributed by atoms with E-state index in [1.165, 1.54) is 6.07 Å². The van der Waals surface area contributed by atoms with Crippen LogP contribution < -0.4 is 0 Å². The molecule has 0 saturated carbocycles. The van der Waals surface area contributed by atoms with E-state index >= 15 is 0 Å². The van der Waals surface area contributed by atoms with E-state index in [0.29, 0.717) is 12.2 Å². The maximum atomic E-state index is 11.1. The molecule has 0 unspecified atom stereocenters. The SMILES string of the molecule is CCOC(=O)CC=Cc1cc(C)ccc1[N+](=O)[O-]. The Morgan fingerprint density at radius 3 is 2.83 bits per heavy atom. The van der Waals surface area contributed by atoms with Crippen LogP contribution in [0.25, 0.3) is 6.08 Å². The zero-order valence-corrected chi connectivity index (χ0v) is 10.4. The summed E-state index contributed by atoms with van der Waals surface area (Å²) in [6, 6.07) is 4.85. The third-order valence-corrected chi connectivity index (χ3v) is 2.27. The van der Waals surface area contributed by atoms with Crippen LogP contribution in [-0.4, -0.2) is 17.5 Å². The second-order valence-corrected chi connectivity index (χ2v) is 3.73. The van der Waals surface area contributed by atoms with Crippen molar-refractivity contribution in [3.63, 3.8) is 0 Å². The van der Waals surface area contributed by atoms with Crippen molar-refractivity contribution in [2.75, 3.05) is 6.61 Å². The predicted molar refractivity (Wildman–Crippen MR) is 68.1 cm³/mol. The Morgan fingerprint density at radius 2 is 2.22 bits per heavy atom. The third kappa shape index (κ3) is 4.01.